The van der Waals surface area contributed by atoms with Crippen molar-refractivity contribution >= 4 is 5.91 Å². The molecule has 0 aliphatic carbocycles. The van der Waals surface area contributed by atoms with Gasteiger partial charge in [0.1, 0.15) is 5.75 Å². The number of hydrogen-bond donors (Lipinski definition) is 2. The van der Waals surface area contributed by atoms with Crippen LogP contribution in [0.5, 0.6) is 5.75 Å². The average molecular weight is 272 g/mol. The van der Waals surface area contributed by atoms with Gasteiger partial charge in [-0.15, -0.1) is 0 Å². The van der Waals surface area contributed by atoms with Crippen molar-refractivity contribution in [1.82, 2.24) is 10.3 Å². The van der Waals surface area contributed by atoms with Gasteiger partial charge in [0.2, 0.25) is 0 Å². The van der Waals surface area contributed by atoms with Crippen molar-refractivity contribution in [1.29, 1.82) is 0 Å². The first-order chi connectivity index (χ1) is 9.74. The number of rotatable bonds is 5. The second-order valence-electron chi connectivity index (χ2n) is 4.23. The molecule has 1 aromatic carbocycles. The molecule has 5 nitrogen and oxygen atoms in total. The van der Waals surface area contributed by atoms with Crippen molar-refractivity contribution < 1.29 is 14.6 Å². The molecule has 0 fully saturated rings. The van der Waals surface area contributed by atoms with Crippen LogP contribution in [0.15, 0.2) is 42.7 Å². The average Bonchev–Trinajstić information content (AvgIpc) is 2.52. The highest BCUT2D eigenvalue weighted by Crippen LogP contribution is 2.18. The molecular weight excluding hydrogens is 256 g/mol. The third-order valence-electron chi connectivity index (χ3n) is 2.91. The summed E-state index contributed by atoms with van der Waals surface area (Å²) in [5.74, 6) is 0.325. The predicted octanol–water partition coefficient (Wildman–Crippen LogP) is 1.51. The van der Waals surface area contributed by atoms with E-state index in [1.165, 1.54) is 7.11 Å². The van der Waals surface area contributed by atoms with Crippen LogP contribution in [-0.2, 0) is 13.2 Å². The van der Waals surface area contributed by atoms with Crippen molar-refractivity contribution in [3.63, 3.8) is 0 Å². The van der Waals surface area contributed by atoms with Gasteiger partial charge in [-0.25, -0.2) is 0 Å². The van der Waals surface area contributed by atoms with Crippen LogP contribution >= 0.6 is 0 Å². The molecule has 20 heavy (non-hydrogen) atoms. The lowest BCUT2D eigenvalue weighted by atomic mass is 10.1. The first-order valence-electron chi connectivity index (χ1n) is 6.19. The Labute approximate surface area is 117 Å². The van der Waals surface area contributed by atoms with Gasteiger partial charge in [-0.3, -0.25) is 9.78 Å². The molecule has 104 valence electrons. The van der Waals surface area contributed by atoms with Crippen LogP contribution in [0.1, 0.15) is 21.5 Å². The van der Waals surface area contributed by atoms with Gasteiger partial charge in [-0.2, -0.15) is 0 Å². The number of nitrogens with zero attached hydrogens (tertiary/aromatic N) is 1. The number of methoxy groups -OCH3 is 1. The zero-order chi connectivity index (χ0) is 14.4. The second kappa shape index (κ2) is 6.68. The Balaban J connectivity index is 2.12. The molecule has 1 amide bonds. The zero-order valence-corrected chi connectivity index (χ0v) is 11.2. The monoisotopic (exact) mass is 272 g/mol. The zero-order valence-electron chi connectivity index (χ0n) is 11.2. The van der Waals surface area contributed by atoms with Crippen molar-refractivity contribution in [2.45, 2.75) is 13.2 Å². The van der Waals surface area contributed by atoms with E-state index < -0.39 is 0 Å². The first-order valence-corrected chi connectivity index (χ1v) is 6.19. The molecule has 0 radical (unpaired) electrons. The summed E-state index contributed by atoms with van der Waals surface area (Å²) in [6.07, 6.45) is 3.37. The minimum Gasteiger partial charge on any atom is -0.497 e. The Hall–Kier alpha value is -2.40. The lowest BCUT2D eigenvalue weighted by Gasteiger charge is -2.10. The summed E-state index contributed by atoms with van der Waals surface area (Å²) in [5, 5.41) is 12.1. The Morgan fingerprint density at radius 2 is 2.25 bits per heavy atom. The molecule has 2 aromatic rings. The van der Waals surface area contributed by atoms with Gasteiger partial charge in [0.25, 0.3) is 5.91 Å². The molecule has 1 aromatic heterocycles. The number of benzene rings is 1. The van der Waals surface area contributed by atoms with Crippen LogP contribution in [-0.4, -0.2) is 23.1 Å². The molecule has 0 saturated heterocycles. The molecule has 0 aliphatic heterocycles. The summed E-state index contributed by atoms with van der Waals surface area (Å²) in [6, 6.07) is 8.70. The number of hydrogen-bond acceptors (Lipinski definition) is 4. The molecule has 2 N–H and O–H groups in total. The van der Waals surface area contributed by atoms with Crippen LogP contribution in [0.2, 0.25) is 0 Å². The minimum atomic E-state index is -0.253. The van der Waals surface area contributed by atoms with Crippen LogP contribution in [0.3, 0.4) is 0 Å². The fourth-order valence-corrected chi connectivity index (χ4v) is 1.81. The summed E-state index contributed by atoms with van der Waals surface area (Å²) in [7, 11) is 1.53. The number of amides is 1. The molecule has 0 unspecified atom stereocenters. The van der Waals surface area contributed by atoms with Crippen LogP contribution < -0.4 is 10.1 Å². The molecular formula is C15H16N2O3. The highest BCUT2D eigenvalue weighted by molar-refractivity contribution is 5.96. The molecule has 2 rings (SSSR count). The van der Waals surface area contributed by atoms with E-state index >= 15 is 0 Å². The normalized spacial score (nSPS) is 10.1. The summed E-state index contributed by atoms with van der Waals surface area (Å²) in [4.78, 5) is 16.2. The highest BCUT2D eigenvalue weighted by Gasteiger charge is 2.12. The van der Waals surface area contributed by atoms with Gasteiger partial charge in [-0.05, 0) is 29.3 Å². The Kier molecular flexibility index (Phi) is 4.68. The van der Waals surface area contributed by atoms with Gasteiger partial charge < -0.3 is 15.2 Å². The third-order valence-corrected chi connectivity index (χ3v) is 2.91. The molecule has 1 heterocycles. The van der Waals surface area contributed by atoms with Gasteiger partial charge >= 0.3 is 0 Å². The fraction of sp³-hybridized carbons (Fsp3) is 0.200. The molecule has 0 saturated carbocycles. The van der Waals surface area contributed by atoms with Crippen molar-refractivity contribution in [2.24, 2.45) is 0 Å². The summed E-state index contributed by atoms with van der Waals surface area (Å²) < 4.78 is 5.10. The molecule has 0 spiro atoms. The Bertz CT molecular complexity index is 585. The van der Waals surface area contributed by atoms with Gasteiger partial charge in [0.15, 0.2) is 0 Å². The van der Waals surface area contributed by atoms with Crippen molar-refractivity contribution in [2.75, 3.05) is 7.11 Å². The first kappa shape index (κ1) is 14.0. The standard InChI is InChI=1S/C15H16N2O3/c1-20-13-5-4-12(10-18)14(7-13)15(19)17-9-11-3-2-6-16-8-11/h2-8,18H,9-10H2,1H3,(H,17,19). The van der Waals surface area contributed by atoms with E-state index in [2.05, 4.69) is 10.3 Å². The van der Waals surface area contributed by atoms with Crippen LogP contribution in [0.4, 0.5) is 0 Å². The maximum Gasteiger partial charge on any atom is 0.252 e. The van der Waals surface area contributed by atoms with Crippen LogP contribution in [0, 0.1) is 0 Å². The molecule has 0 aliphatic rings. The lowest BCUT2D eigenvalue weighted by Crippen LogP contribution is -2.24. The Morgan fingerprint density at radius 1 is 1.40 bits per heavy atom. The number of aliphatic hydroxyl groups is 1. The number of aromatic nitrogens is 1. The molecule has 0 bridgehead atoms. The fourth-order valence-electron chi connectivity index (χ4n) is 1.81. The number of ether oxygens (including phenoxy) is 1. The number of pyridine rings is 1. The summed E-state index contributed by atoms with van der Waals surface area (Å²) >= 11 is 0. The van der Waals surface area contributed by atoms with Gasteiger partial charge in [0, 0.05) is 24.5 Å². The van der Waals surface area contributed by atoms with Gasteiger partial charge in [0.05, 0.1) is 13.7 Å². The largest absolute Gasteiger partial charge is 0.497 e. The maximum atomic E-state index is 12.2. The predicted molar refractivity (Wildman–Crippen MR) is 74.3 cm³/mol. The highest BCUT2D eigenvalue weighted by atomic mass is 16.5. The van der Waals surface area contributed by atoms with E-state index in [-0.39, 0.29) is 12.5 Å². The van der Waals surface area contributed by atoms with Crippen molar-refractivity contribution in [3.8, 4) is 5.75 Å². The van der Waals surface area contributed by atoms with E-state index in [1.807, 2.05) is 12.1 Å². The third kappa shape index (κ3) is 3.33. The van der Waals surface area contributed by atoms with Crippen LogP contribution in [0.25, 0.3) is 0 Å². The topological polar surface area (TPSA) is 71.5 Å². The van der Waals surface area contributed by atoms with E-state index in [0.717, 1.165) is 5.56 Å². The number of nitrogens with one attached hydrogen (secondary N) is 1. The SMILES string of the molecule is COc1ccc(CO)c(C(=O)NCc2cccnc2)c1. The smallest absolute Gasteiger partial charge is 0.252 e. The lowest BCUT2D eigenvalue weighted by molar-refractivity contribution is 0.0947. The van der Waals surface area contributed by atoms with Crippen molar-refractivity contribution in [3.05, 3.63) is 59.4 Å². The number of carbonyl (C=O) groups is 1. The van der Waals surface area contributed by atoms with E-state index in [1.54, 1.807) is 30.6 Å². The van der Waals surface area contributed by atoms with Gasteiger partial charge in [-0.1, -0.05) is 12.1 Å². The molecule has 0 atom stereocenters. The second-order valence-corrected chi connectivity index (χ2v) is 4.23. The Morgan fingerprint density at radius 3 is 2.90 bits per heavy atom. The van der Waals surface area contributed by atoms with E-state index in [0.29, 0.717) is 23.4 Å². The quantitative estimate of drug-likeness (QED) is 0.865. The summed E-state index contributed by atoms with van der Waals surface area (Å²) in [6.45, 7) is 0.189. The number of aliphatic hydroxyl groups excluding tert-OH is 1. The van der Waals surface area contributed by atoms with E-state index in [4.69, 9.17) is 4.74 Å². The molecule has 5 heteroatoms. The number of carbonyl (C=O) groups excluding carboxylic acids is 1. The maximum absolute atomic E-state index is 12.2. The van der Waals surface area contributed by atoms with E-state index in [9.17, 15) is 9.90 Å². The minimum absolute atomic E-state index is 0.195. The summed E-state index contributed by atoms with van der Waals surface area (Å²) in [5.41, 5.74) is 1.89.